The summed E-state index contributed by atoms with van der Waals surface area (Å²) in [7, 11) is 1.47. The molecule has 2 aromatic carbocycles. The summed E-state index contributed by atoms with van der Waals surface area (Å²) in [4.78, 5) is 12.5. The lowest BCUT2D eigenvalue weighted by atomic mass is 10.2. The Labute approximate surface area is 161 Å². The van der Waals surface area contributed by atoms with Crippen molar-refractivity contribution < 1.29 is 18.7 Å². The van der Waals surface area contributed by atoms with Crippen LogP contribution in [0.15, 0.2) is 48.5 Å². The molecule has 0 atom stereocenters. The molecule has 0 spiro atoms. The van der Waals surface area contributed by atoms with Crippen molar-refractivity contribution in [3.05, 3.63) is 81.9 Å². The minimum atomic E-state index is -0.622. The summed E-state index contributed by atoms with van der Waals surface area (Å²) in [5.74, 6) is -0.623. The molecule has 1 aromatic heterocycles. The highest BCUT2D eigenvalue weighted by atomic mass is 35.5. The van der Waals surface area contributed by atoms with Crippen molar-refractivity contribution in [3.8, 4) is 5.75 Å². The van der Waals surface area contributed by atoms with Crippen molar-refractivity contribution in [2.75, 3.05) is 7.11 Å². The number of carbonyl (C=O) groups excluding carboxylic acids is 1. The van der Waals surface area contributed by atoms with E-state index in [-0.39, 0.29) is 17.3 Å². The zero-order valence-corrected chi connectivity index (χ0v) is 15.7. The molecule has 140 valence electrons. The van der Waals surface area contributed by atoms with E-state index in [4.69, 9.17) is 21.1 Å². The maximum atomic E-state index is 13.4. The van der Waals surface area contributed by atoms with E-state index in [1.165, 1.54) is 25.3 Å². The van der Waals surface area contributed by atoms with Gasteiger partial charge in [-0.1, -0.05) is 41.9 Å². The first-order valence-corrected chi connectivity index (χ1v) is 8.63. The Morgan fingerprint density at radius 2 is 1.96 bits per heavy atom. The summed E-state index contributed by atoms with van der Waals surface area (Å²) >= 11 is 6.35. The average Bonchev–Trinajstić information content (AvgIpc) is 2.94. The molecule has 7 heteroatoms. The van der Waals surface area contributed by atoms with Gasteiger partial charge in [0.15, 0.2) is 0 Å². The van der Waals surface area contributed by atoms with E-state index < -0.39 is 11.8 Å². The van der Waals surface area contributed by atoms with E-state index in [0.717, 1.165) is 5.56 Å². The maximum Gasteiger partial charge on any atom is 0.343 e. The van der Waals surface area contributed by atoms with Gasteiger partial charge in [-0.3, -0.25) is 0 Å². The van der Waals surface area contributed by atoms with Gasteiger partial charge in [0.1, 0.15) is 28.9 Å². The molecule has 3 rings (SSSR count). The minimum Gasteiger partial charge on any atom is -0.496 e. The van der Waals surface area contributed by atoms with Gasteiger partial charge in [0.25, 0.3) is 0 Å². The molecule has 0 amide bonds. The summed E-state index contributed by atoms with van der Waals surface area (Å²) < 4.78 is 25.5. The molecule has 0 aliphatic heterocycles. The van der Waals surface area contributed by atoms with Crippen LogP contribution < -0.4 is 4.74 Å². The summed E-state index contributed by atoms with van der Waals surface area (Å²) in [6, 6.07) is 13.7. The SMILES string of the molecule is COc1ccc(F)cc1COC(=O)c1c(C)nn(Cc2ccccc2)c1Cl. The van der Waals surface area contributed by atoms with Crippen LogP contribution in [0.25, 0.3) is 0 Å². The van der Waals surface area contributed by atoms with Gasteiger partial charge in [-0.25, -0.2) is 13.9 Å². The molecule has 0 fully saturated rings. The molecule has 0 radical (unpaired) electrons. The molecule has 0 saturated carbocycles. The lowest BCUT2D eigenvalue weighted by molar-refractivity contribution is 0.0469. The predicted octanol–water partition coefficient (Wildman–Crippen LogP) is 4.40. The first-order valence-electron chi connectivity index (χ1n) is 8.26. The van der Waals surface area contributed by atoms with Gasteiger partial charge in [-0.15, -0.1) is 0 Å². The Balaban J connectivity index is 1.76. The Hall–Kier alpha value is -2.86. The number of benzene rings is 2. The van der Waals surface area contributed by atoms with Gasteiger partial charge in [-0.05, 0) is 30.7 Å². The number of carbonyl (C=O) groups is 1. The van der Waals surface area contributed by atoms with Crippen LogP contribution in [0.3, 0.4) is 0 Å². The number of hydrogen-bond acceptors (Lipinski definition) is 4. The smallest absolute Gasteiger partial charge is 0.343 e. The molecule has 0 unspecified atom stereocenters. The van der Waals surface area contributed by atoms with Crippen LogP contribution in [0.2, 0.25) is 5.15 Å². The van der Waals surface area contributed by atoms with Crippen molar-refractivity contribution in [1.29, 1.82) is 0 Å². The normalized spacial score (nSPS) is 10.7. The third kappa shape index (κ3) is 4.28. The highest BCUT2D eigenvalue weighted by Crippen LogP contribution is 2.24. The fourth-order valence-electron chi connectivity index (χ4n) is 2.72. The van der Waals surface area contributed by atoms with Gasteiger partial charge in [0.2, 0.25) is 0 Å². The quantitative estimate of drug-likeness (QED) is 0.587. The average molecular weight is 389 g/mol. The number of esters is 1. The second-order valence-corrected chi connectivity index (χ2v) is 6.28. The van der Waals surface area contributed by atoms with E-state index in [2.05, 4.69) is 5.10 Å². The first-order chi connectivity index (χ1) is 13.0. The molecule has 0 saturated heterocycles. The van der Waals surface area contributed by atoms with Gasteiger partial charge < -0.3 is 9.47 Å². The molecule has 27 heavy (non-hydrogen) atoms. The molecule has 5 nitrogen and oxygen atoms in total. The van der Waals surface area contributed by atoms with Gasteiger partial charge in [0, 0.05) is 5.56 Å². The van der Waals surface area contributed by atoms with Gasteiger partial charge >= 0.3 is 5.97 Å². The molecule has 3 aromatic rings. The summed E-state index contributed by atoms with van der Waals surface area (Å²) in [6.07, 6.45) is 0. The van der Waals surface area contributed by atoms with Gasteiger partial charge in [0.05, 0.1) is 19.3 Å². The topological polar surface area (TPSA) is 53.4 Å². The third-order valence-corrected chi connectivity index (χ3v) is 4.43. The molecular formula is C20H18ClFN2O3. The number of aryl methyl sites for hydroxylation is 1. The van der Waals surface area contributed by atoms with E-state index in [1.54, 1.807) is 11.6 Å². The fraction of sp³-hybridized carbons (Fsp3) is 0.200. The number of methoxy groups -OCH3 is 1. The molecule has 0 aliphatic rings. The monoisotopic (exact) mass is 388 g/mol. The van der Waals surface area contributed by atoms with Crippen LogP contribution in [-0.4, -0.2) is 22.9 Å². The highest BCUT2D eigenvalue weighted by molar-refractivity contribution is 6.32. The van der Waals surface area contributed by atoms with Crippen molar-refractivity contribution in [2.24, 2.45) is 0 Å². The van der Waals surface area contributed by atoms with E-state index in [9.17, 15) is 9.18 Å². The van der Waals surface area contributed by atoms with E-state index in [1.807, 2.05) is 30.3 Å². The van der Waals surface area contributed by atoms with Crippen molar-refractivity contribution in [3.63, 3.8) is 0 Å². The predicted molar refractivity (Wildman–Crippen MR) is 99.6 cm³/mol. The second-order valence-electron chi connectivity index (χ2n) is 5.93. The summed E-state index contributed by atoms with van der Waals surface area (Å²) in [5, 5.41) is 4.53. The van der Waals surface area contributed by atoms with Crippen LogP contribution in [0, 0.1) is 12.7 Å². The number of rotatable bonds is 6. The highest BCUT2D eigenvalue weighted by Gasteiger charge is 2.22. The van der Waals surface area contributed by atoms with Crippen LogP contribution in [0.5, 0.6) is 5.75 Å². The number of hydrogen-bond donors (Lipinski definition) is 0. The molecule has 1 heterocycles. The lowest BCUT2D eigenvalue weighted by Gasteiger charge is -2.09. The van der Waals surface area contributed by atoms with Crippen LogP contribution in [-0.2, 0) is 17.9 Å². The molecule has 0 bridgehead atoms. The van der Waals surface area contributed by atoms with Crippen molar-refractivity contribution in [1.82, 2.24) is 9.78 Å². The Bertz CT molecular complexity index is 957. The standard InChI is InChI=1S/C20H18ClFN2O3/c1-13-18(19(21)24(23-13)11-14-6-4-3-5-7-14)20(25)27-12-15-10-16(22)8-9-17(15)26-2/h3-10H,11-12H2,1-2H3. The molecular weight excluding hydrogens is 371 g/mol. The van der Waals surface area contributed by atoms with E-state index >= 15 is 0 Å². The molecule has 0 N–H and O–H groups in total. The number of aromatic nitrogens is 2. The fourth-order valence-corrected chi connectivity index (χ4v) is 3.03. The second kappa shape index (κ2) is 8.22. The zero-order chi connectivity index (χ0) is 19.4. The van der Waals surface area contributed by atoms with Crippen LogP contribution >= 0.6 is 11.6 Å². The number of nitrogens with zero attached hydrogens (tertiary/aromatic N) is 2. The van der Waals surface area contributed by atoms with Gasteiger partial charge in [-0.2, -0.15) is 5.10 Å². The van der Waals surface area contributed by atoms with Crippen LogP contribution in [0.1, 0.15) is 27.2 Å². The summed E-state index contributed by atoms with van der Waals surface area (Å²) in [6.45, 7) is 1.98. The molecule has 0 aliphatic carbocycles. The zero-order valence-electron chi connectivity index (χ0n) is 14.9. The maximum absolute atomic E-state index is 13.4. The Morgan fingerprint density at radius 1 is 1.22 bits per heavy atom. The lowest BCUT2D eigenvalue weighted by Crippen LogP contribution is -2.08. The number of halogens is 2. The Morgan fingerprint density at radius 3 is 2.67 bits per heavy atom. The largest absolute Gasteiger partial charge is 0.496 e. The van der Waals surface area contributed by atoms with Crippen molar-refractivity contribution in [2.45, 2.75) is 20.1 Å². The van der Waals surface area contributed by atoms with E-state index in [0.29, 0.717) is 23.6 Å². The number of ether oxygens (including phenoxy) is 2. The third-order valence-electron chi connectivity index (χ3n) is 4.05. The first kappa shape index (κ1) is 18.9. The van der Waals surface area contributed by atoms with Crippen LogP contribution in [0.4, 0.5) is 4.39 Å². The Kier molecular flexibility index (Phi) is 5.76. The van der Waals surface area contributed by atoms with Crippen molar-refractivity contribution >= 4 is 17.6 Å². The minimum absolute atomic E-state index is 0.139. The summed E-state index contributed by atoms with van der Waals surface area (Å²) in [5.41, 5.74) is 2.10.